The maximum absolute atomic E-state index is 12.9. The molecule has 2 aliphatic rings. The second kappa shape index (κ2) is 6.65. The average Bonchev–Trinajstić information content (AvgIpc) is 3.21. The van der Waals surface area contributed by atoms with Crippen LogP contribution in [0.3, 0.4) is 0 Å². The van der Waals surface area contributed by atoms with Crippen LogP contribution in [0.5, 0.6) is 0 Å². The predicted octanol–water partition coefficient (Wildman–Crippen LogP) is 1.98. The summed E-state index contributed by atoms with van der Waals surface area (Å²) >= 11 is 6.20. The monoisotopic (exact) mass is 357 g/mol. The summed E-state index contributed by atoms with van der Waals surface area (Å²) in [6.45, 7) is 2.99. The molecule has 0 unspecified atom stereocenters. The van der Waals surface area contributed by atoms with Crippen LogP contribution in [0.15, 0.2) is 47.4 Å². The molecule has 1 aromatic heterocycles. The number of pyridine rings is 1. The zero-order valence-electron chi connectivity index (χ0n) is 13.8. The Labute approximate surface area is 151 Å². The molecule has 3 heterocycles. The Morgan fingerprint density at radius 3 is 2.88 bits per heavy atom. The first-order chi connectivity index (χ1) is 12.1. The Morgan fingerprint density at radius 1 is 1.20 bits per heavy atom. The number of nitrogens with zero attached hydrogens (tertiary/aromatic N) is 2. The molecule has 0 saturated carbocycles. The van der Waals surface area contributed by atoms with Gasteiger partial charge in [0.05, 0.1) is 12.1 Å². The van der Waals surface area contributed by atoms with E-state index in [2.05, 4.69) is 5.32 Å². The van der Waals surface area contributed by atoms with Gasteiger partial charge in [0.1, 0.15) is 0 Å². The number of benzene rings is 1. The van der Waals surface area contributed by atoms with Gasteiger partial charge in [0, 0.05) is 43.0 Å². The Balaban J connectivity index is 1.60. The van der Waals surface area contributed by atoms with Gasteiger partial charge in [0.25, 0.3) is 11.5 Å². The highest BCUT2D eigenvalue weighted by atomic mass is 35.5. The van der Waals surface area contributed by atoms with Gasteiger partial charge in [-0.2, -0.15) is 0 Å². The topological polar surface area (TPSA) is 54.3 Å². The third-order valence-electron chi connectivity index (χ3n) is 5.24. The highest BCUT2D eigenvalue weighted by Crippen LogP contribution is 2.28. The van der Waals surface area contributed by atoms with Crippen LogP contribution in [0.4, 0.5) is 0 Å². The van der Waals surface area contributed by atoms with Gasteiger partial charge >= 0.3 is 0 Å². The molecule has 0 bridgehead atoms. The summed E-state index contributed by atoms with van der Waals surface area (Å²) in [5.74, 6) is 0.557. The highest BCUT2D eigenvalue weighted by molar-refractivity contribution is 6.31. The number of aromatic nitrogens is 1. The lowest BCUT2D eigenvalue weighted by atomic mass is 10.0. The first-order valence-electron chi connectivity index (χ1n) is 8.59. The lowest BCUT2D eigenvalue weighted by Crippen LogP contribution is -2.39. The molecule has 1 amide bonds. The normalized spacial score (nSPS) is 22.2. The molecule has 130 valence electrons. The zero-order chi connectivity index (χ0) is 17.4. The molecule has 6 heteroatoms. The summed E-state index contributed by atoms with van der Waals surface area (Å²) in [7, 11) is 0. The van der Waals surface area contributed by atoms with E-state index in [1.165, 1.54) is 6.07 Å². The predicted molar refractivity (Wildman–Crippen MR) is 97.1 cm³/mol. The second-order valence-corrected chi connectivity index (χ2v) is 7.16. The van der Waals surface area contributed by atoms with Crippen LogP contribution in [0.25, 0.3) is 0 Å². The van der Waals surface area contributed by atoms with E-state index in [0.29, 0.717) is 23.0 Å². The van der Waals surface area contributed by atoms with E-state index in [9.17, 15) is 9.59 Å². The van der Waals surface area contributed by atoms with Gasteiger partial charge in [-0.05, 0) is 30.0 Å². The number of likely N-dealkylation sites (tertiary alicyclic amines) is 1. The van der Waals surface area contributed by atoms with Gasteiger partial charge in [-0.1, -0.05) is 29.8 Å². The number of carbonyl (C=O) groups is 1. The highest BCUT2D eigenvalue weighted by Gasteiger charge is 2.40. The van der Waals surface area contributed by atoms with Crippen molar-refractivity contribution in [1.82, 2.24) is 14.8 Å². The number of halogens is 1. The number of hydrogen-bond acceptors (Lipinski definition) is 3. The number of fused-ring (bicyclic) bond motifs is 1. The van der Waals surface area contributed by atoms with Crippen molar-refractivity contribution in [1.29, 1.82) is 0 Å². The van der Waals surface area contributed by atoms with Crippen LogP contribution in [0, 0.1) is 5.92 Å². The lowest BCUT2D eigenvalue weighted by Gasteiger charge is -2.23. The second-order valence-electron chi connectivity index (χ2n) is 6.75. The molecule has 25 heavy (non-hydrogen) atoms. The van der Waals surface area contributed by atoms with Crippen molar-refractivity contribution in [2.75, 3.05) is 19.6 Å². The van der Waals surface area contributed by atoms with Gasteiger partial charge in [-0.3, -0.25) is 9.59 Å². The molecule has 0 spiro atoms. The average molecular weight is 358 g/mol. The third kappa shape index (κ3) is 3.10. The lowest BCUT2D eigenvalue weighted by molar-refractivity contribution is 0.0736. The summed E-state index contributed by atoms with van der Waals surface area (Å²) in [6, 6.07) is 10.8. The molecule has 5 nitrogen and oxygen atoms in total. The van der Waals surface area contributed by atoms with E-state index in [0.717, 1.165) is 31.6 Å². The number of carbonyl (C=O) groups excluding carboxylic acids is 1. The standard InChI is InChI=1S/C19H20ClN3O2/c20-16-4-2-1-3-14(16)11-22-12-15(5-6-18(22)24)19(25)23-8-7-13-9-21-10-17(13)23/h1-6,12-13,17,21H,7-11H2/t13-,17+/m0/s1. The number of rotatable bonds is 3. The smallest absolute Gasteiger partial charge is 0.255 e. The van der Waals surface area contributed by atoms with Gasteiger partial charge < -0.3 is 14.8 Å². The quantitative estimate of drug-likeness (QED) is 0.914. The van der Waals surface area contributed by atoms with Crippen LogP contribution in [-0.4, -0.2) is 41.1 Å². The van der Waals surface area contributed by atoms with Crippen LogP contribution in [0.1, 0.15) is 22.3 Å². The maximum atomic E-state index is 12.9. The van der Waals surface area contributed by atoms with Gasteiger partial charge in [-0.25, -0.2) is 0 Å². The van der Waals surface area contributed by atoms with E-state index in [4.69, 9.17) is 11.6 Å². The van der Waals surface area contributed by atoms with E-state index in [1.54, 1.807) is 22.9 Å². The minimum atomic E-state index is -0.140. The number of hydrogen-bond donors (Lipinski definition) is 1. The zero-order valence-corrected chi connectivity index (χ0v) is 14.6. The fourth-order valence-electron chi connectivity index (χ4n) is 3.86. The first kappa shape index (κ1) is 16.4. The van der Waals surface area contributed by atoms with Crippen LogP contribution in [0.2, 0.25) is 5.02 Å². The molecule has 0 radical (unpaired) electrons. The Hall–Kier alpha value is -2.11. The molecule has 2 saturated heterocycles. The van der Waals surface area contributed by atoms with Crippen LogP contribution < -0.4 is 10.9 Å². The van der Waals surface area contributed by atoms with E-state index in [1.807, 2.05) is 23.1 Å². The summed E-state index contributed by atoms with van der Waals surface area (Å²) in [5, 5.41) is 3.97. The van der Waals surface area contributed by atoms with Crippen molar-refractivity contribution >= 4 is 17.5 Å². The molecule has 1 aromatic carbocycles. The minimum Gasteiger partial charge on any atom is -0.334 e. The van der Waals surface area contributed by atoms with Gasteiger partial charge in [0.15, 0.2) is 0 Å². The van der Waals surface area contributed by atoms with Gasteiger partial charge in [0.2, 0.25) is 0 Å². The molecular formula is C19H20ClN3O2. The Morgan fingerprint density at radius 2 is 2.04 bits per heavy atom. The molecule has 1 N–H and O–H groups in total. The number of nitrogens with one attached hydrogen (secondary N) is 1. The van der Waals surface area contributed by atoms with E-state index >= 15 is 0 Å². The molecular weight excluding hydrogens is 338 g/mol. The maximum Gasteiger partial charge on any atom is 0.255 e. The van der Waals surface area contributed by atoms with Gasteiger partial charge in [-0.15, -0.1) is 0 Å². The van der Waals surface area contributed by atoms with Crippen molar-refractivity contribution in [2.24, 2.45) is 5.92 Å². The van der Waals surface area contributed by atoms with E-state index in [-0.39, 0.29) is 17.5 Å². The molecule has 4 rings (SSSR count). The van der Waals surface area contributed by atoms with Crippen molar-refractivity contribution in [3.8, 4) is 0 Å². The Kier molecular flexibility index (Phi) is 4.36. The van der Waals surface area contributed by atoms with Crippen molar-refractivity contribution in [3.05, 3.63) is 69.1 Å². The molecule has 2 atom stereocenters. The van der Waals surface area contributed by atoms with Crippen LogP contribution in [-0.2, 0) is 6.54 Å². The SMILES string of the molecule is O=C(c1ccc(=O)n(Cc2ccccc2Cl)c1)N1CC[C@H]2CNC[C@H]21. The fourth-order valence-corrected chi connectivity index (χ4v) is 4.05. The molecule has 0 aliphatic carbocycles. The van der Waals surface area contributed by atoms with Crippen molar-refractivity contribution < 1.29 is 4.79 Å². The number of amides is 1. The summed E-state index contributed by atoms with van der Waals surface area (Å²) < 4.78 is 1.55. The fraction of sp³-hybridized carbons (Fsp3) is 0.368. The summed E-state index contributed by atoms with van der Waals surface area (Å²) in [6.07, 6.45) is 2.70. The first-order valence-corrected chi connectivity index (χ1v) is 8.97. The van der Waals surface area contributed by atoms with Crippen molar-refractivity contribution in [2.45, 2.75) is 19.0 Å². The van der Waals surface area contributed by atoms with Crippen LogP contribution >= 0.6 is 11.6 Å². The summed E-state index contributed by atoms with van der Waals surface area (Å²) in [4.78, 5) is 27.1. The van der Waals surface area contributed by atoms with Crippen molar-refractivity contribution in [3.63, 3.8) is 0 Å². The Bertz CT molecular complexity index is 864. The third-order valence-corrected chi connectivity index (χ3v) is 5.60. The minimum absolute atomic E-state index is 0.00380. The summed E-state index contributed by atoms with van der Waals surface area (Å²) in [5.41, 5.74) is 1.27. The largest absolute Gasteiger partial charge is 0.334 e. The van der Waals surface area contributed by atoms with E-state index < -0.39 is 0 Å². The molecule has 2 aromatic rings. The molecule has 2 fully saturated rings. The molecule has 2 aliphatic heterocycles.